The number of fused-ring (bicyclic) bond motifs is 2. The monoisotopic (exact) mass is 304 g/mol. The summed E-state index contributed by atoms with van der Waals surface area (Å²) in [7, 11) is -3.63. The van der Waals surface area contributed by atoms with Gasteiger partial charge in [-0.1, -0.05) is 11.6 Å². The molecular formula is C11H13ClN2O4S. The van der Waals surface area contributed by atoms with E-state index in [0.29, 0.717) is 13.1 Å². The van der Waals surface area contributed by atoms with E-state index in [1.807, 2.05) is 0 Å². The number of hydrogen-bond donors (Lipinski definition) is 1. The van der Waals surface area contributed by atoms with Crippen molar-refractivity contribution in [3.8, 4) is 0 Å². The summed E-state index contributed by atoms with van der Waals surface area (Å²) >= 11 is 5.68. The predicted octanol–water partition coefficient (Wildman–Crippen LogP) is 0.580. The van der Waals surface area contributed by atoms with Crippen LogP contribution >= 0.6 is 11.6 Å². The van der Waals surface area contributed by atoms with Gasteiger partial charge in [-0.15, -0.1) is 0 Å². The summed E-state index contributed by atoms with van der Waals surface area (Å²) in [4.78, 5) is 13.5. The van der Waals surface area contributed by atoms with Gasteiger partial charge in [0.1, 0.15) is 5.02 Å². The molecule has 8 heteroatoms. The Labute approximate surface area is 115 Å². The first-order valence-corrected chi connectivity index (χ1v) is 7.82. The maximum Gasteiger partial charge on any atom is 0.266 e. The number of morpholine rings is 1. The van der Waals surface area contributed by atoms with E-state index in [1.54, 1.807) is 0 Å². The van der Waals surface area contributed by atoms with E-state index < -0.39 is 15.6 Å². The van der Waals surface area contributed by atoms with E-state index in [-0.39, 0.29) is 22.1 Å². The van der Waals surface area contributed by atoms with Crippen molar-refractivity contribution in [2.75, 3.05) is 13.1 Å². The Hall–Kier alpha value is -0.890. The first-order chi connectivity index (χ1) is 8.96. The molecule has 0 aromatic carbocycles. The van der Waals surface area contributed by atoms with E-state index in [2.05, 4.69) is 4.98 Å². The molecule has 2 bridgehead atoms. The summed E-state index contributed by atoms with van der Waals surface area (Å²) in [5.74, 6) is 0. The number of rotatable bonds is 2. The van der Waals surface area contributed by atoms with Crippen molar-refractivity contribution in [3.05, 3.63) is 27.6 Å². The fourth-order valence-corrected chi connectivity index (χ4v) is 4.24. The zero-order valence-corrected chi connectivity index (χ0v) is 11.6. The predicted molar refractivity (Wildman–Crippen MR) is 68.7 cm³/mol. The Bertz CT molecular complexity index is 645. The molecule has 2 unspecified atom stereocenters. The molecule has 0 aliphatic carbocycles. The van der Waals surface area contributed by atoms with Gasteiger partial charge < -0.3 is 9.72 Å². The van der Waals surface area contributed by atoms with Crippen molar-refractivity contribution in [2.24, 2.45) is 0 Å². The molecule has 0 saturated carbocycles. The molecule has 3 heterocycles. The second-order valence-corrected chi connectivity index (χ2v) is 7.14. The first-order valence-electron chi connectivity index (χ1n) is 6.00. The highest BCUT2D eigenvalue weighted by molar-refractivity contribution is 7.89. The Kier molecular flexibility index (Phi) is 3.17. The van der Waals surface area contributed by atoms with Crippen molar-refractivity contribution in [1.29, 1.82) is 0 Å². The molecule has 3 rings (SSSR count). The first kappa shape index (κ1) is 13.1. The molecule has 2 atom stereocenters. The van der Waals surface area contributed by atoms with Crippen LogP contribution in [0, 0.1) is 0 Å². The Morgan fingerprint density at radius 1 is 1.32 bits per heavy atom. The molecule has 104 valence electrons. The van der Waals surface area contributed by atoms with Gasteiger partial charge in [-0.05, 0) is 18.9 Å². The van der Waals surface area contributed by atoms with Crippen LogP contribution in [0.15, 0.2) is 22.0 Å². The maximum absolute atomic E-state index is 12.5. The Balaban J connectivity index is 1.94. The zero-order chi connectivity index (χ0) is 13.6. The summed E-state index contributed by atoms with van der Waals surface area (Å²) in [6.45, 7) is 0.713. The summed E-state index contributed by atoms with van der Waals surface area (Å²) in [6, 6.07) is 1.19. The molecule has 0 radical (unpaired) electrons. The van der Waals surface area contributed by atoms with Gasteiger partial charge in [0.2, 0.25) is 10.0 Å². The average Bonchev–Trinajstić information content (AvgIpc) is 2.71. The number of hydrogen-bond acceptors (Lipinski definition) is 4. The van der Waals surface area contributed by atoms with E-state index >= 15 is 0 Å². The number of H-pyrrole nitrogens is 1. The molecule has 0 amide bonds. The molecule has 1 aromatic heterocycles. The molecule has 0 spiro atoms. The van der Waals surface area contributed by atoms with E-state index in [0.717, 1.165) is 12.8 Å². The quantitative estimate of drug-likeness (QED) is 0.867. The maximum atomic E-state index is 12.5. The average molecular weight is 305 g/mol. The molecule has 2 aliphatic heterocycles. The zero-order valence-electron chi connectivity index (χ0n) is 10.0. The third kappa shape index (κ3) is 2.31. The molecule has 2 aliphatic rings. The normalized spacial score (nSPS) is 27.6. The highest BCUT2D eigenvalue weighted by Crippen LogP contribution is 2.29. The van der Waals surface area contributed by atoms with Gasteiger partial charge >= 0.3 is 0 Å². The molecule has 6 nitrogen and oxygen atoms in total. The van der Waals surface area contributed by atoms with Crippen LogP contribution in [-0.4, -0.2) is 43.0 Å². The van der Waals surface area contributed by atoms with Crippen LogP contribution in [0.2, 0.25) is 5.02 Å². The lowest BCUT2D eigenvalue weighted by molar-refractivity contribution is -0.0114. The molecule has 2 fully saturated rings. The smallest absolute Gasteiger partial charge is 0.266 e. The Morgan fingerprint density at radius 2 is 1.95 bits per heavy atom. The minimum absolute atomic E-state index is 0.0124. The molecule has 1 aromatic rings. The summed E-state index contributed by atoms with van der Waals surface area (Å²) in [6.07, 6.45) is 2.92. The van der Waals surface area contributed by atoms with Crippen LogP contribution < -0.4 is 5.56 Å². The molecule has 2 saturated heterocycles. The van der Waals surface area contributed by atoms with Crippen molar-refractivity contribution in [3.63, 3.8) is 0 Å². The number of pyridine rings is 1. The van der Waals surface area contributed by atoms with Gasteiger partial charge in [-0.3, -0.25) is 4.79 Å². The molecular weight excluding hydrogens is 292 g/mol. The van der Waals surface area contributed by atoms with Crippen molar-refractivity contribution >= 4 is 21.6 Å². The fraction of sp³-hybridized carbons (Fsp3) is 0.545. The minimum atomic E-state index is -3.63. The van der Waals surface area contributed by atoms with Crippen LogP contribution in [0.25, 0.3) is 0 Å². The topological polar surface area (TPSA) is 79.5 Å². The summed E-state index contributed by atoms with van der Waals surface area (Å²) in [5.41, 5.74) is -0.498. The fourth-order valence-electron chi connectivity index (χ4n) is 2.51. The van der Waals surface area contributed by atoms with Gasteiger partial charge in [0, 0.05) is 19.3 Å². The van der Waals surface area contributed by atoms with Crippen molar-refractivity contribution in [2.45, 2.75) is 29.9 Å². The number of sulfonamides is 1. The number of nitrogens with one attached hydrogen (secondary N) is 1. The Morgan fingerprint density at radius 3 is 2.53 bits per heavy atom. The number of halogens is 1. The highest BCUT2D eigenvalue weighted by atomic mass is 35.5. The van der Waals surface area contributed by atoms with Gasteiger partial charge in [0.25, 0.3) is 5.56 Å². The van der Waals surface area contributed by atoms with E-state index in [4.69, 9.17) is 16.3 Å². The van der Waals surface area contributed by atoms with Crippen LogP contribution in [0.1, 0.15) is 12.8 Å². The van der Waals surface area contributed by atoms with Gasteiger partial charge in [0.05, 0.1) is 17.1 Å². The number of nitrogens with zero attached hydrogens (tertiary/aromatic N) is 1. The summed E-state index contributed by atoms with van der Waals surface area (Å²) < 4.78 is 31.9. The molecule has 19 heavy (non-hydrogen) atoms. The lowest BCUT2D eigenvalue weighted by Crippen LogP contribution is -2.45. The van der Waals surface area contributed by atoms with E-state index in [1.165, 1.54) is 16.6 Å². The van der Waals surface area contributed by atoms with Crippen LogP contribution in [0.3, 0.4) is 0 Å². The van der Waals surface area contributed by atoms with Crippen LogP contribution in [-0.2, 0) is 14.8 Å². The van der Waals surface area contributed by atoms with Crippen LogP contribution in [0.5, 0.6) is 0 Å². The van der Waals surface area contributed by atoms with Crippen molar-refractivity contribution < 1.29 is 13.2 Å². The highest BCUT2D eigenvalue weighted by Gasteiger charge is 2.39. The third-order valence-electron chi connectivity index (χ3n) is 3.48. The lowest BCUT2D eigenvalue weighted by Gasteiger charge is -2.31. The standard InChI is InChI=1S/C11H13ClN2O4S/c12-10-3-9(4-13-11(10)15)19(16,17)14-5-7-1-2-8(6-14)18-7/h3-4,7-8H,1-2,5-6H2,(H,13,15). The van der Waals surface area contributed by atoms with E-state index in [9.17, 15) is 13.2 Å². The van der Waals surface area contributed by atoms with Gasteiger partial charge in [-0.25, -0.2) is 8.42 Å². The third-order valence-corrected chi connectivity index (χ3v) is 5.57. The number of aromatic amines is 1. The minimum Gasteiger partial charge on any atom is -0.372 e. The number of ether oxygens (including phenoxy) is 1. The summed E-state index contributed by atoms with van der Waals surface area (Å²) in [5, 5.41) is -0.127. The second-order valence-electron chi connectivity index (χ2n) is 4.79. The van der Waals surface area contributed by atoms with Gasteiger partial charge in [0.15, 0.2) is 0 Å². The second kappa shape index (κ2) is 4.59. The lowest BCUT2D eigenvalue weighted by atomic mass is 10.2. The largest absolute Gasteiger partial charge is 0.372 e. The van der Waals surface area contributed by atoms with Crippen LogP contribution in [0.4, 0.5) is 0 Å². The number of aromatic nitrogens is 1. The van der Waals surface area contributed by atoms with Crippen molar-refractivity contribution in [1.82, 2.24) is 9.29 Å². The van der Waals surface area contributed by atoms with Gasteiger partial charge in [-0.2, -0.15) is 4.31 Å². The molecule has 1 N–H and O–H groups in total. The SMILES string of the molecule is O=c1[nH]cc(S(=O)(=O)N2CC3CCC(C2)O3)cc1Cl.